The van der Waals surface area contributed by atoms with Gasteiger partial charge in [-0.1, -0.05) is 32.6 Å². The predicted molar refractivity (Wildman–Crippen MR) is 75.4 cm³/mol. The SMILES string of the molecule is CC1CCC(CCNC(=O)N[C@H](C(=O)O)[C@@H](C)O)CC1. The molecule has 0 aromatic rings. The molecular formula is C14H26N2O4. The van der Waals surface area contributed by atoms with Crippen LogP contribution in [0.25, 0.3) is 0 Å². The second-order valence-corrected chi connectivity index (χ2v) is 5.87. The molecule has 0 heterocycles. The summed E-state index contributed by atoms with van der Waals surface area (Å²) in [7, 11) is 0. The normalized spacial score (nSPS) is 25.6. The molecule has 116 valence electrons. The van der Waals surface area contributed by atoms with E-state index in [1.54, 1.807) is 0 Å². The lowest BCUT2D eigenvalue weighted by Crippen LogP contribution is -2.51. The first-order valence-corrected chi connectivity index (χ1v) is 7.35. The van der Waals surface area contributed by atoms with E-state index in [1.807, 2.05) is 0 Å². The first-order valence-electron chi connectivity index (χ1n) is 7.35. The third-order valence-electron chi connectivity index (χ3n) is 4.01. The van der Waals surface area contributed by atoms with Gasteiger partial charge in [-0.2, -0.15) is 0 Å². The lowest BCUT2D eigenvalue weighted by Gasteiger charge is -2.26. The maximum Gasteiger partial charge on any atom is 0.328 e. The Labute approximate surface area is 119 Å². The topological polar surface area (TPSA) is 98.7 Å². The number of rotatable bonds is 6. The minimum absolute atomic E-state index is 0.539. The standard InChI is InChI=1S/C14H26N2O4/c1-9-3-5-11(6-4-9)7-8-15-14(20)16-12(10(2)17)13(18)19/h9-12,17H,3-8H2,1-2H3,(H,18,19)(H2,15,16,20)/t9?,10-,11?,12+/m1/s1. The zero-order valence-corrected chi connectivity index (χ0v) is 12.3. The van der Waals surface area contributed by atoms with Crippen molar-refractivity contribution in [3.63, 3.8) is 0 Å². The van der Waals surface area contributed by atoms with Crippen LogP contribution in [-0.2, 0) is 4.79 Å². The summed E-state index contributed by atoms with van der Waals surface area (Å²) in [4.78, 5) is 22.4. The lowest BCUT2D eigenvalue weighted by atomic mass is 9.81. The van der Waals surface area contributed by atoms with Crippen LogP contribution in [0.4, 0.5) is 4.79 Å². The summed E-state index contributed by atoms with van der Waals surface area (Å²) < 4.78 is 0. The van der Waals surface area contributed by atoms with Gasteiger partial charge in [-0.25, -0.2) is 9.59 Å². The van der Waals surface area contributed by atoms with Crippen LogP contribution in [0.2, 0.25) is 0 Å². The number of hydrogen-bond acceptors (Lipinski definition) is 3. The fraction of sp³-hybridized carbons (Fsp3) is 0.857. The highest BCUT2D eigenvalue weighted by atomic mass is 16.4. The summed E-state index contributed by atoms with van der Waals surface area (Å²) in [6.07, 6.45) is 4.70. The minimum atomic E-state index is -1.27. The molecule has 20 heavy (non-hydrogen) atoms. The Bertz CT molecular complexity index is 325. The highest BCUT2D eigenvalue weighted by Gasteiger charge is 2.25. The second-order valence-electron chi connectivity index (χ2n) is 5.87. The number of aliphatic hydroxyl groups excluding tert-OH is 1. The van der Waals surface area contributed by atoms with Gasteiger partial charge in [-0.15, -0.1) is 0 Å². The van der Waals surface area contributed by atoms with Crippen LogP contribution in [0.5, 0.6) is 0 Å². The van der Waals surface area contributed by atoms with Crippen molar-refractivity contribution >= 4 is 12.0 Å². The molecule has 0 aromatic heterocycles. The van der Waals surface area contributed by atoms with E-state index in [0.29, 0.717) is 12.5 Å². The van der Waals surface area contributed by atoms with Crippen LogP contribution in [0.3, 0.4) is 0 Å². The van der Waals surface area contributed by atoms with Gasteiger partial charge in [-0.3, -0.25) is 0 Å². The molecule has 1 aliphatic rings. The van der Waals surface area contributed by atoms with E-state index < -0.39 is 24.1 Å². The molecule has 1 aliphatic carbocycles. The van der Waals surface area contributed by atoms with Crippen LogP contribution >= 0.6 is 0 Å². The minimum Gasteiger partial charge on any atom is -0.480 e. The van der Waals surface area contributed by atoms with Gasteiger partial charge in [0, 0.05) is 6.54 Å². The summed E-state index contributed by atoms with van der Waals surface area (Å²) in [6.45, 7) is 4.14. The van der Waals surface area contributed by atoms with Crippen molar-refractivity contribution in [1.82, 2.24) is 10.6 Å². The molecule has 1 saturated carbocycles. The molecule has 0 aromatic carbocycles. The molecule has 6 nitrogen and oxygen atoms in total. The van der Waals surface area contributed by atoms with Gasteiger partial charge < -0.3 is 20.8 Å². The maximum atomic E-state index is 11.6. The lowest BCUT2D eigenvalue weighted by molar-refractivity contribution is -0.141. The first-order chi connectivity index (χ1) is 9.40. The van der Waals surface area contributed by atoms with Gasteiger partial charge >= 0.3 is 12.0 Å². The predicted octanol–water partition coefficient (Wildman–Crippen LogP) is 1.34. The van der Waals surface area contributed by atoms with Crippen molar-refractivity contribution in [2.24, 2.45) is 11.8 Å². The summed E-state index contributed by atoms with van der Waals surface area (Å²) in [5.41, 5.74) is 0. The van der Waals surface area contributed by atoms with Crippen molar-refractivity contribution in [2.75, 3.05) is 6.54 Å². The number of aliphatic hydroxyl groups is 1. The third kappa shape index (κ3) is 5.77. The average molecular weight is 286 g/mol. The fourth-order valence-corrected chi connectivity index (χ4v) is 2.59. The second kappa shape index (κ2) is 8.09. The molecule has 4 N–H and O–H groups in total. The molecule has 0 aliphatic heterocycles. The van der Waals surface area contributed by atoms with E-state index in [-0.39, 0.29) is 0 Å². The number of nitrogens with one attached hydrogen (secondary N) is 2. The number of carboxylic acid groups (broad SMARTS) is 1. The van der Waals surface area contributed by atoms with Crippen LogP contribution in [-0.4, -0.2) is 40.9 Å². The Morgan fingerprint density at radius 2 is 1.85 bits per heavy atom. The molecule has 0 spiro atoms. The summed E-state index contributed by atoms with van der Waals surface area (Å²) in [5, 5.41) is 23.0. The highest BCUT2D eigenvalue weighted by Crippen LogP contribution is 2.29. The van der Waals surface area contributed by atoms with E-state index in [0.717, 1.165) is 12.3 Å². The Kier molecular flexibility index (Phi) is 6.78. The summed E-state index contributed by atoms with van der Waals surface area (Å²) in [6, 6.07) is -1.81. The molecule has 2 amide bonds. The van der Waals surface area contributed by atoms with E-state index in [4.69, 9.17) is 5.11 Å². The average Bonchev–Trinajstić information content (AvgIpc) is 2.37. The summed E-state index contributed by atoms with van der Waals surface area (Å²) >= 11 is 0. The number of aliphatic carboxylic acids is 1. The Hall–Kier alpha value is -1.30. The van der Waals surface area contributed by atoms with E-state index in [1.165, 1.54) is 32.6 Å². The maximum absolute atomic E-state index is 11.6. The summed E-state index contributed by atoms with van der Waals surface area (Å²) in [5.74, 6) is 0.222. The van der Waals surface area contributed by atoms with Crippen LogP contribution in [0.15, 0.2) is 0 Å². The largest absolute Gasteiger partial charge is 0.480 e. The third-order valence-corrected chi connectivity index (χ3v) is 4.01. The zero-order valence-electron chi connectivity index (χ0n) is 12.3. The van der Waals surface area contributed by atoms with Gasteiger partial charge in [0.25, 0.3) is 0 Å². The van der Waals surface area contributed by atoms with Crippen LogP contribution in [0.1, 0.15) is 46.0 Å². The van der Waals surface area contributed by atoms with E-state index in [2.05, 4.69) is 17.6 Å². The molecule has 1 rings (SSSR count). The Morgan fingerprint density at radius 1 is 1.25 bits per heavy atom. The van der Waals surface area contributed by atoms with Crippen LogP contribution < -0.4 is 10.6 Å². The van der Waals surface area contributed by atoms with Crippen molar-refractivity contribution < 1.29 is 19.8 Å². The molecule has 1 fully saturated rings. The molecular weight excluding hydrogens is 260 g/mol. The molecule has 0 radical (unpaired) electrons. The van der Waals surface area contributed by atoms with E-state index in [9.17, 15) is 14.7 Å². The van der Waals surface area contributed by atoms with Gasteiger partial charge in [0.05, 0.1) is 6.10 Å². The Morgan fingerprint density at radius 3 is 2.35 bits per heavy atom. The Balaban J connectivity index is 2.21. The van der Waals surface area contributed by atoms with Crippen LogP contribution in [0, 0.1) is 11.8 Å². The van der Waals surface area contributed by atoms with Crippen molar-refractivity contribution in [1.29, 1.82) is 0 Å². The number of amides is 2. The number of carbonyl (C=O) groups excluding carboxylic acids is 1. The van der Waals surface area contributed by atoms with Crippen molar-refractivity contribution in [3.8, 4) is 0 Å². The molecule has 2 atom stereocenters. The number of carboxylic acids is 1. The number of carbonyl (C=O) groups is 2. The molecule has 0 saturated heterocycles. The fourth-order valence-electron chi connectivity index (χ4n) is 2.59. The molecule has 0 bridgehead atoms. The zero-order chi connectivity index (χ0) is 15.1. The van der Waals surface area contributed by atoms with Gasteiger partial charge in [0.15, 0.2) is 6.04 Å². The smallest absolute Gasteiger partial charge is 0.328 e. The first kappa shape index (κ1) is 16.8. The van der Waals surface area contributed by atoms with Gasteiger partial charge in [-0.05, 0) is 25.2 Å². The van der Waals surface area contributed by atoms with Crippen molar-refractivity contribution in [3.05, 3.63) is 0 Å². The van der Waals surface area contributed by atoms with Gasteiger partial charge in [0.1, 0.15) is 0 Å². The quantitative estimate of drug-likeness (QED) is 0.592. The van der Waals surface area contributed by atoms with Crippen molar-refractivity contribution in [2.45, 2.75) is 58.1 Å². The number of hydrogen-bond donors (Lipinski definition) is 4. The molecule has 0 unspecified atom stereocenters. The molecule has 6 heteroatoms. The number of urea groups is 1. The highest BCUT2D eigenvalue weighted by molar-refractivity contribution is 5.82. The van der Waals surface area contributed by atoms with E-state index >= 15 is 0 Å². The van der Waals surface area contributed by atoms with Gasteiger partial charge in [0.2, 0.25) is 0 Å². The monoisotopic (exact) mass is 286 g/mol.